The topological polar surface area (TPSA) is 97.0 Å². The molecule has 1 aliphatic heterocycles. The Balaban J connectivity index is 1.64. The summed E-state index contributed by atoms with van der Waals surface area (Å²) in [6, 6.07) is 2.13. The minimum Gasteiger partial charge on any atom is -0.370 e. The van der Waals surface area contributed by atoms with Crippen molar-refractivity contribution in [1.29, 1.82) is 5.26 Å². The molecule has 2 aliphatic rings. The predicted molar refractivity (Wildman–Crippen MR) is 83.7 cm³/mol. The van der Waals surface area contributed by atoms with Gasteiger partial charge in [-0.3, -0.25) is 0 Å². The summed E-state index contributed by atoms with van der Waals surface area (Å²) in [6.45, 7) is 0.986. The minimum absolute atomic E-state index is 0.0527. The number of rotatable bonds is 6. The van der Waals surface area contributed by atoms with Crippen LogP contribution >= 0.6 is 0 Å². The van der Waals surface area contributed by atoms with E-state index < -0.39 is 15.4 Å². The van der Waals surface area contributed by atoms with Crippen LogP contribution < -0.4 is 4.72 Å². The highest BCUT2D eigenvalue weighted by atomic mass is 32.2. The highest BCUT2D eigenvalue weighted by Gasteiger charge is 2.47. The van der Waals surface area contributed by atoms with Gasteiger partial charge in [0.25, 0.3) is 0 Å². The summed E-state index contributed by atoms with van der Waals surface area (Å²) >= 11 is 0. The van der Waals surface area contributed by atoms with Crippen molar-refractivity contribution in [2.75, 3.05) is 18.9 Å². The van der Waals surface area contributed by atoms with Crippen LogP contribution in [0.5, 0.6) is 0 Å². The van der Waals surface area contributed by atoms with E-state index in [0.717, 1.165) is 18.7 Å². The maximum Gasteiger partial charge on any atom is 0.213 e. The summed E-state index contributed by atoms with van der Waals surface area (Å²) in [6.07, 6.45) is 6.53. The molecular weight excluding hydrogens is 316 g/mol. The molecule has 1 aromatic rings. The Morgan fingerprint density at radius 2 is 2.35 bits per heavy atom. The zero-order chi connectivity index (χ0) is 16.5. The molecule has 1 aliphatic carbocycles. The lowest BCUT2D eigenvalue weighted by molar-refractivity contribution is -0.0328. The summed E-state index contributed by atoms with van der Waals surface area (Å²) in [5.74, 6) is 0.776. The molecule has 2 atom stereocenters. The van der Waals surface area contributed by atoms with E-state index in [2.05, 4.69) is 15.8 Å². The third-order valence-electron chi connectivity index (χ3n) is 4.68. The molecule has 7 nitrogen and oxygen atoms in total. The molecule has 3 rings (SSSR count). The van der Waals surface area contributed by atoms with Gasteiger partial charge < -0.3 is 9.30 Å². The Morgan fingerprint density at radius 1 is 1.57 bits per heavy atom. The third kappa shape index (κ3) is 3.74. The van der Waals surface area contributed by atoms with Gasteiger partial charge in [-0.25, -0.2) is 18.1 Å². The zero-order valence-electron chi connectivity index (χ0n) is 13.2. The van der Waals surface area contributed by atoms with Crippen LogP contribution in [0.3, 0.4) is 0 Å². The summed E-state index contributed by atoms with van der Waals surface area (Å²) < 4.78 is 34.9. The lowest BCUT2D eigenvalue weighted by Gasteiger charge is -2.31. The van der Waals surface area contributed by atoms with Crippen LogP contribution in [0, 0.1) is 22.7 Å². The van der Waals surface area contributed by atoms with Gasteiger partial charge in [-0.05, 0) is 25.7 Å². The van der Waals surface area contributed by atoms with E-state index in [4.69, 9.17) is 10.00 Å². The molecule has 0 spiro atoms. The second-order valence-corrected chi connectivity index (χ2v) is 8.40. The highest BCUT2D eigenvalue weighted by Crippen LogP contribution is 2.45. The molecular formula is C15H22N4O3S. The van der Waals surface area contributed by atoms with Crippen molar-refractivity contribution >= 4 is 10.0 Å². The van der Waals surface area contributed by atoms with E-state index in [-0.39, 0.29) is 17.8 Å². The van der Waals surface area contributed by atoms with E-state index in [0.29, 0.717) is 26.0 Å². The molecule has 8 heteroatoms. The van der Waals surface area contributed by atoms with Crippen molar-refractivity contribution in [3.63, 3.8) is 0 Å². The molecule has 0 bridgehead atoms. The van der Waals surface area contributed by atoms with Crippen molar-refractivity contribution in [3.05, 3.63) is 18.2 Å². The van der Waals surface area contributed by atoms with Gasteiger partial charge in [0, 0.05) is 38.5 Å². The summed E-state index contributed by atoms with van der Waals surface area (Å²) in [5.41, 5.74) is -0.659. The summed E-state index contributed by atoms with van der Waals surface area (Å²) in [5, 5.41) is 9.06. The predicted octanol–water partition coefficient (Wildman–Crippen LogP) is 1.11. The van der Waals surface area contributed by atoms with Gasteiger partial charge >= 0.3 is 0 Å². The Bertz CT molecular complexity index is 703. The molecule has 0 radical (unpaired) electrons. The number of hydrogen-bond acceptors (Lipinski definition) is 5. The molecule has 0 amide bonds. The van der Waals surface area contributed by atoms with E-state index in [1.165, 1.54) is 0 Å². The largest absolute Gasteiger partial charge is 0.370 e. The first kappa shape index (κ1) is 16.4. The number of aromatic nitrogens is 2. The number of sulfonamides is 1. The maximum atomic E-state index is 12.2. The van der Waals surface area contributed by atoms with E-state index in [1.807, 2.05) is 17.8 Å². The molecule has 0 unspecified atom stereocenters. The normalized spacial score (nSPS) is 26.6. The van der Waals surface area contributed by atoms with Crippen molar-refractivity contribution in [2.24, 2.45) is 18.4 Å². The lowest BCUT2D eigenvalue weighted by atomic mass is 9.94. The molecule has 23 heavy (non-hydrogen) atoms. The van der Waals surface area contributed by atoms with Gasteiger partial charge in [0.1, 0.15) is 11.9 Å². The van der Waals surface area contributed by atoms with Gasteiger partial charge in [-0.2, -0.15) is 5.26 Å². The van der Waals surface area contributed by atoms with Crippen LogP contribution in [0.4, 0.5) is 0 Å². The quantitative estimate of drug-likeness (QED) is 0.838. The average Bonchev–Trinajstić information content (AvgIpc) is 3.16. The Morgan fingerprint density at radius 3 is 2.96 bits per heavy atom. The van der Waals surface area contributed by atoms with Crippen LogP contribution in [-0.4, -0.2) is 36.9 Å². The number of nitrogens with one attached hydrogen (secondary N) is 1. The highest BCUT2D eigenvalue weighted by molar-refractivity contribution is 7.89. The van der Waals surface area contributed by atoms with Crippen LogP contribution in [0.25, 0.3) is 0 Å². The number of hydrogen-bond donors (Lipinski definition) is 1. The minimum atomic E-state index is -3.45. The second kappa shape index (κ2) is 6.23. The lowest BCUT2D eigenvalue weighted by Crippen LogP contribution is -2.38. The van der Waals surface area contributed by atoms with Crippen molar-refractivity contribution in [2.45, 2.75) is 31.8 Å². The SMILES string of the molecule is Cn1ccnc1[C@@H]1OCCC[C@H]1CNS(=O)(=O)CC1(C#N)CC1. The number of aryl methyl sites for hydroxylation is 1. The molecule has 2 heterocycles. The van der Waals surface area contributed by atoms with Gasteiger partial charge in [0.15, 0.2) is 0 Å². The molecule has 1 saturated heterocycles. The standard InChI is InChI=1S/C15H22N4O3S/c1-19-7-6-17-14(19)13-12(3-2-8-22-13)9-18-23(20,21)11-15(10-16)4-5-15/h6-7,12-13,18H,2-5,8-9,11H2,1H3/t12-,13+/m0/s1. The van der Waals surface area contributed by atoms with Gasteiger partial charge in [0.05, 0.1) is 17.2 Å². The second-order valence-electron chi connectivity index (χ2n) is 6.59. The number of nitriles is 1. The van der Waals surface area contributed by atoms with Crippen LogP contribution in [0.2, 0.25) is 0 Å². The van der Waals surface area contributed by atoms with Gasteiger partial charge in [0.2, 0.25) is 10.0 Å². The summed E-state index contributed by atoms with van der Waals surface area (Å²) in [4.78, 5) is 4.33. The molecule has 0 aromatic carbocycles. The third-order valence-corrected chi connectivity index (χ3v) is 6.22. The smallest absolute Gasteiger partial charge is 0.213 e. The van der Waals surface area contributed by atoms with Gasteiger partial charge in [-0.15, -0.1) is 0 Å². The zero-order valence-corrected chi connectivity index (χ0v) is 14.1. The molecule has 2 fully saturated rings. The van der Waals surface area contributed by atoms with E-state index in [9.17, 15) is 8.42 Å². The fraction of sp³-hybridized carbons (Fsp3) is 0.733. The van der Waals surface area contributed by atoms with E-state index >= 15 is 0 Å². The molecule has 1 N–H and O–H groups in total. The maximum absolute atomic E-state index is 12.2. The van der Waals surface area contributed by atoms with Crippen molar-refractivity contribution in [1.82, 2.24) is 14.3 Å². The number of ether oxygens (including phenoxy) is 1. The first-order valence-corrected chi connectivity index (χ1v) is 9.57. The van der Waals surface area contributed by atoms with E-state index in [1.54, 1.807) is 6.20 Å². The average molecular weight is 338 g/mol. The van der Waals surface area contributed by atoms with Crippen molar-refractivity contribution < 1.29 is 13.2 Å². The first-order chi connectivity index (χ1) is 10.9. The fourth-order valence-corrected chi connectivity index (χ4v) is 4.73. The Kier molecular flexibility index (Phi) is 4.45. The summed E-state index contributed by atoms with van der Waals surface area (Å²) in [7, 11) is -1.54. The number of nitrogens with zero attached hydrogens (tertiary/aromatic N) is 3. The molecule has 126 valence electrons. The Labute approximate surface area is 136 Å². The molecule has 1 saturated carbocycles. The van der Waals surface area contributed by atoms with Crippen LogP contribution in [0.1, 0.15) is 37.6 Å². The molecule has 1 aromatic heterocycles. The van der Waals surface area contributed by atoms with Gasteiger partial charge in [-0.1, -0.05) is 0 Å². The fourth-order valence-electron chi connectivity index (χ4n) is 3.08. The van der Waals surface area contributed by atoms with Crippen LogP contribution in [-0.2, 0) is 21.8 Å². The van der Waals surface area contributed by atoms with Crippen LogP contribution in [0.15, 0.2) is 12.4 Å². The Hall–Kier alpha value is -1.43. The first-order valence-electron chi connectivity index (χ1n) is 7.92. The number of imidazole rings is 1. The monoisotopic (exact) mass is 338 g/mol. The van der Waals surface area contributed by atoms with Crippen molar-refractivity contribution in [3.8, 4) is 6.07 Å².